The molecule has 0 saturated heterocycles. The summed E-state index contributed by atoms with van der Waals surface area (Å²) in [6.07, 6.45) is 4.99. The van der Waals surface area contributed by atoms with Crippen LogP contribution < -0.4 is 4.74 Å². The first kappa shape index (κ1) is 18.6. The fourth-order valence-electron chi connectivity index (χ4n) is 2.60. The number of rotatable bonds is 8. The first-order valence-corrected chi connectivity index (χ1v) is 8.92. The molecule has 0 spiro atoms. The van der Waals surface area contributed by atoms with Gasteiger partial charge in [0.2, 0.25) is 0 Å². The van der Waals surface area contributed by atoms with Gasteiger partial charge in [-0.2, -0.15) is 0 Å². The molecule has 27 heavy (non-hydrogen) atoms. The van der Waals surface area contributed by atoms with Crippen LogP contribution in [0.15, 0.2) is 67.0 Å². The van der Waals surface area contributed by atoms with Crippen molar-refractivity contribution in [2.75, 3.05) is 6.61 Å². The Morgan fingerprint density at radius 2 is 1.96 bits per heavy atom. The predicted octanol–water partition coefficient (Wildman–Crippen LogP) is 4.15. The summed E-state index contributed by atoms with van der Waals surface area (Å²) in [4.78, 5) is 20.7. The average molecular weight is 362 g/mol. The standard InChI is InChI=1S/C22H22N2O3/c1-17-6-2-9-20(24-17)10-5-13-26-22(25)19-8-3-11-21(14-19)27-16-18-7-4-12-23-15-18/h2-4,6-9,11-12,14-15H,5,10,13,16H2,1H3. The van der Waals surface area contributed by atoms with Crippen LogP contribution in [0.5, 0.6) is 5.75 Å². The maximum absolute atomic E-state index is 12.2. The summed E-state index contributed by atoms with van der Waals surface area (Å²) in [6, 6.07) is 16.8. The molecule has 2 heterocycles. The van der Waals surface area contributed by atoms with Crippen LogP contribution in [-0.4, -0.2) is 22.5 Å². The lowest BCUT2D eigenvalue weighted by atomic mass is 10.2. The maximum atomic E-state index is 12.2. The number of carbonyl (C=O) groups excluding carboxylic acids is 1. The Morgan fingerprint density at radius 1 is 1.07 bits per heavy atom. The summed E-state index contributed by atoms with van der Waals surface area (Å²) in [5.41, 5.74) is 3.45. The van der Waals surface area contributed by atoms with Gasteiger partial charge in [-0.25, -0.2) is 4.79 Å². The highest BCUT2D eigenvalue weighted by Crippen LogP contribution is 2.16. The van der Waals surface area contributed by atoms with Crippen molar-refractivity contribution in [1.29, 1.82) is 0 Å². The van der Waals surface area contributed by atoms with Crippen LogP contribution in [0.2, 0.25) is 0 Å². The number of ether oxygens (including phenoxy) is 2. The number of nitrogens with zero attached hydrogens (tertiary/aromatic N) is 2. The van der Waals surface area contributed by atoms with Crippen LogP contribution in [0.3, 0.4) is 0 Å². The van der Waals surface area contributed by atoms with Gasteiger partial charge in [0.1, 0.15) is 12.4 Å². The quantitative estimate of drug-likeness (QED) is 0.445. The molecule has 1 aromatic carbocycles. The zero-order chi connectivity index (χ0) is 18.9. The molecule has 0 saturated carbocycles. The normalized spacial score (nSPS) is 10.4. The topological polar surface area (TPSA) is 61.3 Å². The van der Waals surface area contributed by atoms with E-state index in [2.05, 4.69) is 9.97 Å². The predicted molar refractivity (Wildman–Crippen MR) is 103 cm³/mol. The zero-order valence-electron chi connectivity index (χ0n) is 15.3. The molecule has 0 aliphatic carbocycles. The molecule has 5 heteroatoms. The summed E-state index contributed by atoms with van der Waals surface area (Å²) < 4.78 is 11.1. The van der Waals surface area contributed by atoms with Gasteiger partial charge < -0.3 is 9.47 Å². The molecule has 138 valence electrons. The van der Waals surface area contributed by atoms with E-state index >= 15 is 0 Å². The molecule has 0 aliphatic heterocycles. The highest BCUT2D eigenvalue weighted by molar-refractivity contribution is 5.89. The third-order valence-corrected chi connectivity index (χ3v) is 3.95. The van der Waals surface area contributed by atoms with Gasteiger partial charge >= 0.3 is 5.97 Å². The maximum Gasteiger partial charge on any atom is 0.338 e. The van der Waals surface area contributed by atoms with Crippen molar-refractivity contribution >= 4 is 5.97 Å². The summed E-state index contributed by atoms with van der Waals surface area (Å²) >= 11 is 0. The van der Waals surface area contributed by atoms with Gasteiger partial charge in [-0.3, -0.25) is 9.97 Å². The second kappa shape index (κ2) is 9.48. The van der Waals surface area contributed by atoms with Crippen molar-refractivity contribution in [3.8, 4) is 5.75 Å². The first-order chi connectivity index (χ1) is 13.2. The molecule has 0 unspecified atom stereocenters. The minimum atomic E-state index is -0.348. The Labute approximate surface area is 159 Å². The number of benzene rings is 1. The van der Waals surface area contributed by atoms with E-state index in [0.717, 1.165) is 29.8 Å². The summed E-state index contributed by atoms with van der Waals surface area (Å²) in [7, 11) is 0. The minimum Gasteiger partial charge on any atom is -0.489 e. The Balaban J connectivity index is 1.46. The smallest absolute Gasteiger partial charge is 0.338 e. The lowest BCUT2D eigenvalue weighted by molar-refractivity contribution is 0.0500. The Kier molecular flexibility index (Phi) is 6.52. The number of hydrogen-bond acceptors (Lipinski definition) is 5. The van der Waals surface area contributed by atoms with Crippen LogP contribution in [0.4, 0.5) is 0 Å². The number of esters is 1. The van der Waals surface area contributed by atoms with Gasteiger partial charge in [-0.1, -0.05) is 18.2 Å². The lowest BCUT2D eigenvalue weighted by Gasteiger charge is -2.08. The van der Waals surface area contributed by atoms with Crippen LogP contribution >= 0.6 is 0 Å². The minimum absolute atomic E-state index is 0.348. The Morgan fingerprint density at radius 3 is 2.78 bits per heavy atom. The van der Waals surface area contributed by atoms with E-state index in [4.69, 9.17) is 9.47 Å². The Hall–Kier alpha value is -3.21. The fraction of sp³-hybridized carbons (Fsp3) is 0.227. The van der Waals surface area contributed by atoms with E-state index in [0.29, 0.717) is 24.5 Å². The second-order valence-corrected chi connectivity index (χ2v) is 6.19. The molecule has 0 aliphatic rings. The molecule has 0 bridgehead atoms. The summed E-state index contributed by atoms with van der Waals surface area (Å²) in [6.45, 7) is 2.72. The van der Waals surface area contributed by atoms with Crippen molar-refractivity contribution in [3.63, 3.8) is 0 Å². The number of aromatic nitrogens is 2. The molecule has 3 rings (SSSR count). The van der Waals surface area contributed by atoms with Crippen LogP contribution in [-0.2, 0) is 17.8 Å². The van der Waals surface area contributed by atoms with E-state index in [1.807, 2.05) is 43.3 Å². The third kappa shape index (κ3) is 5.92. The third-order valence-electron chi connectivity index (χ3n) is 3.95. The monoisotopic (exact) mass is 362 g/mol. The van der Waals surface area contributed by atoms with Crippen molar-refractivity contribution < 1.29 is 14.3 Å². The number of aryl methyl sites for hydroxylation is 2. The molecule has 5 nitrogen and oxygen atoms in total. The second-order valence-electron chi connectivity index (χ2n) is 6.19. The molecule has 0 fully saturated rings. The van der Waals surface area contributed by atoms with Gasteiger partial charge in [-0.05, 0) is 56.2 Å². The molecule has 0 N–H and O–H groups in total. The molecule has 3 aromatic rings. The number of pyridine rings is 2. The Bertz CT molecular complexity index is 881. The average Bonchev–Trinajstić information content (AvgIpc) is 2.70. The lowest BCUT2D eigenvalue weighted by Crippen LogP contribution is -2.08. The first-order valence-electron chi connectivity index (χ1n) is 8.92. The van der Waals surface area contributed by atoms with Gasteiger partial charge in [0.05, 0.1) is 12.2 Å². The van der Waals surface area contributed by atoms with E-state index in [-0.39, 0.29) is 5.97 Å². The molecule has 0 radical (unpaired) electrons. The number of carbonyl (C=O) groups is 1. The highest BCUT2D eigenvalue weighted by atomic mass is 16.5. The van der Waals surface area contributed by atoms with E-state index < -0.39 is 0 Å². The summed E-state index contributed by atoms with van der Waals surface area (Å²) in [5, 5.41) is 0. The van der Waals surface area contributed by atoms with Crippen LogP contribution in [0.25, 0.3) is 0 Å². The molecular formula is C22H22N2O3. The molecule has 0 amide bonds. The zero-order valence-corrected chi connectivity index (χ0v) is 15.3. The van der Waals surface area contributed by atoms with E-state index in [1.165, 1.54) is 0 Å². The molecule has 2 aromatic heterocycles. The van der Waals surface area contributed by atoms with Crippen molar-refractivity contribution in [2.45, 2.75) is 26.4 Å². The molecular weight excluding hydrogens is 340 g/mol. The SMILES string of the molecule is Cc1cccc(CCCOC(=O)c2cccc(OCc3cccnc3)c2)n1. The fourth-order valence-corrected chi connectivity index (χ4v) is 2.60. The highest BCUT2D eigenvalue weighted by Gasteiger charge is 2.08. The van der Waals surface area contributed by atoms with Crippen LogP contribution in [0.1, 0.15) is 33.7 Å². The van der Waals surface area contributed by atoms with E-state index in [1.54, 1.807) is 30.6 Å². The van der Waals surface area contributed by atoms with Gasteiger partial charge in [0, 0.05) is 29.3 Å². The van der Waals surface area contributed by atoms with Crippen molar-refractivity contribution in [1.82, 2.24) is 9.97 Å². The largest absolute Gasteiger partial charge is 0.489 e. The van der Waals surface area contributed by atoms with Crippen LogP contribution in [0, 0.1) is 6.92 Å². The van der Waals surface area contributed by atoms with Crippen molar-refractivity contribution in [2.24, 2.45) is 0 Å². The summed E-state index contributed by atoms with van der Waals surface area (Å²) in [5.74, 6) is 0.274. The van der Waals surface area contributed by atoms with Gasteiger partial charge in [0.15, 0.2) is 0 Å². The molecule has 0 atom stereocenters. The number of hydrogen-bond donors (Lipinski definition) is 0. The van der Waals surface area contributed by atoms with Gasteiger partial charge in [-0.15, -0.1) is 0 Å². The van der Waals surface area contributed by atoms with Crippen molar-refractivity contribution in [3.05, 3.63) is 89.5 Å². The van der Waals surface area contributed by atoms with E-state index in [9.17, 15) is 4.79 Å². The van der Waals surface area contributed by atoms with Gasteiger partial charge in [0.25, 0.3) is 0 Å².